The number of hydrogen-bond acceptors (Lipinski definition) is 2. The van der Waals surface area contributed by atoms with Crippen molar-refractivity contribution < 1.29 is 9.47 Å². The second kappa shape index (κ2) is 7.39. The number of ether oxygens (including phenoxy) is 2. The highest BCUT2D eigenvalue weighted by molar-refractivity contribution is 5.50. The summed E-state index contributed by atoms with van der Waals surface area (Å²) in [5.41, 5.74) is 2.52. The highest BCUT2D eigenvalue weighted by Gasteiger charge is 1.93. The monoisotopic (exact) mass is 268 g/mol. The summed E-state index contributed by atoms with van der Waals surface area (Å²) in [6.07, 6.45) is 6.41. The van der Waals surface area contributed by atoms with Gasteiger partial charge < -0.3 is 9.47 Å². The zero-order valence-electron chi connectivity index (χ0n) is 12.0. The molecule has 2 aromatic carbocycles. The average molecular weight is 268 g/mol. The van der Waals surface area contributed by atoms with Crippen LogP contribution in [-0.2, 0) is 6.42 Å². The van der Waals surface area contributed by atoms with E-state index in [1.165, 1.54) is 11.1 Å². The molecule has 0 saturated heterocycles. The zero-order valence-corrected chi connectivity index (χ0v) is 12.0. The van der Waals surface area contributed by atoms with Gasteiger partial charge in [0.2, 0.25) is 0 Å². The van der Waals surface area contributed by atoms with E-state index in [2.05, 4.69) is 36.4 Å². The van der Waals surface area contributed by atoms with Gasteiger partial charge in [0.1, 0.15) is 11.5 Å². The van der Waals surface area contributed by atoms with Gasteiger partial charge >= 0.3 is 0 Å². The van der Waals surface area contributed by atoms with Crippen LogP contribution < -0.4 is 9.47 Å². The number of methoxy groups -OCH3 is 2. The van der Waals surface area contributed by atoms with Crippen LogP contribution >= 0.6 is 0 Å². The topological polar surface area (TPSA) is 18.5 Å². The van der Waals surface area contributed by atoms with Crippen molar-refractivity contribution in [2.24, 2.45) is 0 Å². The quantitative estimate of drug-likeness (QED) is 0.775. The van der Waals surface area contributed by atoms with Crippen LogP contribution in [0.25, 0.3) is 6.08 Å². The van der Waals surface area contributed by atoms with Gasteiger partial charge in [-0.05, 0) is 48.2 Å². The lowest BCUT2D eigenvalue weighted by Crippen LogP contribution is -1.85. The standard InChI is InChI=1S/C18H20O2/c1-19-17-11-7-15(8-12-17)5-3-4-6-16-9-13-18(20-2)14-10-16/h3,5,7-14H,4,6H2,1-2H3/b5-3+. The van der Waals surface area contributed by atoms with E-state index < -0.39 is 0 Å². The molecule has 0 radical (unpaired) electrons. The predicted molar refractivity (Wildman–Crippen MR) is 83.3 cm³/mol. The molecule has 0 aromatic heterocycles. The SMILES string of the molecule is COc1ccc(/C=C/CCc2ccc(OC)cc2)cc1. The van der Waals surface area contributed by atoms with Crippen LogP contribution in [0.5, 0.6) is 11.5 Å². The first-order valence-corrected chi connectivity index (χ1v) is 6.75. The van der Waals surface area contributed by atoms with Crippen molar-refractivity contribution in [3.8, 4) is 11.5 Å². The third-order valence-electron chi connectivity index (χ3n) is 3.18. The molecule has 0 amide bonds. The fourth-order valence-electron chi connectivity index (χ4n) is 1.98. The van der Waals surface area contributed by atoms with Crippen LogP contribution in [0, 0.1) is 0 Å². The Kier molecular flexibility index (Phi) is 5.24. The van der Waals surface area contributed by atoms with Crippen LogP contribution in [0.1, 0.15) is 17.5 Å². The van der Waals surface area contributed by atoms with Crippen molar-refractivity contribution in [2.45, 2.75) is 12.8 Å². The van der Waals surface area contributed by atoms with E-state index in [1.54, 1.807) is 14.2 Å². The number of benzene rings is 2. The summed E-state index contributed by atoms with van der Waals surface area (Å²) in [6, 6.07) is 16.3. The van der Waals surface area contributed by atoms with Gasteiger partial charge in [-0.15, -0.1) is 0 Å². The molecule has 2 nitrogen and oxygen atoms in total. The predicted octanol–water partition coefficient (Wildman–Crippen LogP) is 4.35. The van der Waals surface area contributed by atoms with E-state index >= 15 is 0 Å². The Morgan fingerprint density at radius 2 is 1.35 bits per heavy atom. The second-order valence-corrected chi connectivity index (χ2v) is 4.56. The van der Waals surface area contributed by atoms with Crippen molar-refractivity contribution in [1.29, 1.82) is 0 Å². The molecule has 0 atom stereocenters. The molecule has 0 saturated carbocycles. The van der Waals surface area contributed by atoms with Gasteiger partial charge in [-0.2, -0.15) is 0 Å². The van der Waals surface area contributed by atoms with E-state index in [0.29, 0.717) is 0 Å². The summed E-state index contributed by atoms with van der Waals surface area (Å²) < 4.78 is 10.3. The molecular formula is C18H20O2. The lowest BCUT2D eigenvalue weighted by Gasteiger charge is -2.02. The lowest BCUT2D eigenvalue weighted by molar-refractivity contribution is 0.414. The minimum absolute atomic E-state index is 0.889. The molecule has 0 unspecified atom stereocenters. The summed E-state index contributed by atoms with van der Waals surface area (Å²) in [4.78, 5) is 0. The second-order valence-electron chi connectivity index (χ2n) is 4.56. The number of allylic oxidation sites excluding steroid dienone is 1. The highest BCUT2D eigenvalue weighted by atomic mass is 16.5. The number of hydrogen-bond donors (Lipinski definition) is 0. The summed E-state index contributed by atoms with van der Waals surface area (Å²) >= 11 is 0. The van der Waals surface area contributed by atoms with Gasteiger partial charge in [0.05, 0.1) is 14.2 Å². The summed E-state index contributed by atoms with van der Waals surface area (Å²) in [7, 11) is 3.37. The Morgan fingerprint density at radius 1 is 0.800 bits per heavy atom. The largest absolute Gasteiger partial charge is 0.497 e. The molecule has 0 aliphatic rings. The molecule has 20 heavy (non-hydrogen) atoms. The number of aryl methyl sites for hydroxylation is 1. The molecule has 2 rings (SSSR count). The van der Waals surface area contributed by atoms with Gasteiger partial charge in [0, 0.05) is 0 Å². The molecule has 0 fully saturated rings. The van der Waals surface area contributed by atoms with Crippen LogP contribution in [0.2, 0.25) is 0 Å². The van der Waals surface area contributed by atoms with E-state index in [-0.39, 0.29) is 0 Å². The molecule has 0 aliphatic carbocycles. The molecule has 2 aromatic rings. The summed E-state index contributed by atoms with van der Waals surface area (Å²) in [6.45, 7) is 0. The first-order valence-electron chi connectivity index (χ1n) is 6.75. The highest BCUT2D eigenvalue weighted by Crippen LogP contribution is 2.14. The van der Waals surface area contributed by atoms with Gasteiger partial charge in [-0.1, -0.05) is 36.4 Å². The first-order chi connectivity index (χ1) is 9.81. The zero-order chi connectivity index (χ0) is 14.2. The van der Waals surface area contributed by atoms with E-state index in [4.69, 9.17) is 9.47 Å². The fraction of sp³-hybridized carbons (Fsp3) is 0.222. The molecule has 0 heterocycles. The van der Waals surface area contributed by atoms with Gasteiger partial charge in [-0.25, -0.2) is 0 Å². The maximum atomic E-state index is 5.15. The molecule has 104 valence electrons. The minimum atomic E-state index is 0.889. The smallest absolute Gasteiger partial charge is 0.118 e. The normalized spacial score (nSPS) is 10.7. The first kappa shape index (κ1) is 14.2. The molecule has 0 aliphatic heterocycles. The van der Waals surface area contributed by atoms with Crippen molar-refractivity contribution in [3.63, 3.8) is 0 Å². The Balaban J connectivity index is 1.83. The van der Waals surface area contributed by atoms with Crippen molar-refractivity contribution in [2.75, 3.05) is 14.2 Å². The van der Waals surface area contributed by atoms with E-state index in [0.717, 1.165) is 24.3 Å². The average Bonchev–Trinajstić information content (AvgIpc) is 2.53. The van der Waals surface area contributed by atoms with Crippen LogP contribution in [0.4, 0.5) is 0 Å². The Hall–Kier alpha value is -2.22. The van der Waals surface area contributed by atoms with Crippen molar-refractivity contribution >= 4 is 6.08 Å². The van der Waals surface area contributed by atoms with Gasteiger partial charge in [0.25, 0.3) is 0 Å². The van der Waals surface area contributed by atoms with Crippen LogP contribution in [0.15, 0.2) is 54.6 Å². The lowest BCUT2D eigenvalue weighted by atomic mass is 10.1. The summed E-state index contributed by atoms with van der Waals surface area (Å²) in [5, 5.41) is 0. The van der Waals surface area contributed by atoms with E-state index in [1.807, 2.05) is 24.3 Å². The molecular weight excluding hydrogens is 248 g/mol. The Bertz CT molecular complexity index is 539. The van der Waals surface area contributed by atoms with Crippen molar-refractivity contribution in [3.05, 3.63) is 65.7 Å². The molecule has 0 bridgehead atoms. The third-order valence-corrected chi connectivity index (χ3v) is 3.18. The van der Waals surface area contributed by atoms with Gasteiger partial charge in [0.15, 0.2) is 0 Å². The fourth-order valence-corrected chi connectivity index (χ4v) is 1.98. The molecule has 0 N–H and O–H groups in total. The van der Waals surface area contributed by atoms with Crippen LogP contribution in [0.3, 0.4) is 0 Å². The maximum Gasteiger partial charge on any atom is 0.118 e. The third kappa shape index (κ3) is 4.16. The van der Waals surface area contributed by atoms with Gasteiger partial charge in [-0.3, -0.25) is 0 Å². The minimum Gasteiger partial charge on any atom is -0.497 e. The summed E-state index contributed by atoms with van der Waals surface area (Å²) in [5.74, 6) is 1.79. The molecule has 2 heteroatoms. The Morgan fingerprint density at radius 3 is 1.90 bits per heavy atom. The Labute approximate surface area is 120 Å². The van der Waals surface area contributed by atoms with Crippen LogP contribution in [-0.4, -0.2) is 14.2 Å². The number of rotatable bonds is 6. The van der Waals surface area contributed by atoms with E-state index in [9.17, 15) is 0 Å². The van der Waals surface area contributed by atoms with Crippen molar-refractivity contribution in [1.82, 2.24) is 0 Å². The maximum absolute atomic E-state index is 5.15. The molecule has 0 spiro atoms.